The largest absolute Gasteiger partial charge is 0.433 e. The standard InChI is InChI=1S/C20H18F3N5O/c1-12-8-15-13(9-24-12)4-2-5-16(15)26-19(29)25-14-10-28(11-14)18-7-3-6-17(27-18)20(21,22)23/h2-9,14H,10-11H2,1H3,(H2,25,26,29). The molecule has 3 aromatic rings. The molecular formula is C20H18F3N5O. The number of hydrogen-bond donors (Lipinski definition) is 2. The van der Waals surface area contributed by atoms with Crippen LogP contribution in [0.4, 0.5) is 29.5 Å². The lowest BCUT2D eigenvalue weighted by Crippen LogP contribution is -2.60. The lowest BCUT2D eigenvalue weighted by molar-refractivity contribution is -0.141. The summed E-state index contributed by atoms with van der Waals surface area (Å²) in [7, 11) is 0. The molecule has 150 valence electrons. The summed E-state index contributed by atoms with van der Waals surface area (Å²) < 4.78 is 38.4. The predicted molar refractivity (Wildman–Crippen MR) is 104 cm³/mol. The van der Waals surface area contributed by atoms with Gasteiger partial charge in [0.1, 0.15) is 11.5 Å². The van der Waals surface area contributed by atoms with E-state index in [0.29, 0.717) is 18.8 Å². The fourth-order valence-electron chi connectivity index (χ4n) is 3.24. The normalized spacial score (nSPS) is 14.6. The van der Waals surface area contributed by atoms with Crippen LogP contribution >= 0.6 is 0 Å². The number of nitrogens with one attached hydrogen (secondary N) is 2. The average molecular weight is 401 g/mol. The van der Waals surface area contributed by atoms with E-state index in [4.69, 9.17) is 0 Å². The van der Waals surface area contributed by atoms with E-state index >= 15 is 0 Å². The highest BCUT2D eigenvalue weighted by atomic mass is 19.4. The maximum absolute atomic E-state index is 12.8. The first-order valence-electron chi connectivity index (χ1n) is 9.02. The SMILES string of the molecule is Cc1cc2c(NC(=O)NC3CN(c4cccc(C(F)(F)F)n4)C3)cccc2cn1. The zero-order valence-electron chi connectivity index (χ0n) is 15.5. The highest BCUT2D eigenvalue weighted by Crippen LogP contribution is 2.30. The molecule has 3 heterocycles. The number of fused-ring (bicyclic) bond motifs is 1. The van der Waals surface area contributed by atoms with E-state index in [1.165, 1.54) is 12.1 Å². The van der Waals surface area contributed by atoms with Crippen molar-refractivity contribution in [3.8, 4) is 0 Å². The molecule has 0 saturated carbocycles. The summed E-state index contributed by atoms with van der Waals surface area (Å²) in [6.07, 6.45) is -2.73. The highest BCUT2D eigenvalue weighted by molar-refractivity contribution is 6.01. The van der Waals surface area contributed by atoms with Crippen molar-refractivity contribution in [3.05, 3.63) is 60.0 Å². The van der Waals surface area contributed by atoms with Gasteiger partial charge in [-0.15, -0.1) is 0 Å². The molecule has 1 fully saturated rings. The zero-order valence-corrected chi connectivity index (χ0v) is 15.5. The fourth-order valence-corrected chi connectivity index (χ4v) is 3.24. The van der Waals surface area contributed by atoms with E-state index in [9.17, 15) is 18.0 Å². The summed E-state index contributed by atoms with van der Waals surface area (Å²) in [5.41, 5.74) is 0.585. The van der Waals surface area contributed by atoms with Crippen molar-refractivity contribution in [2.75, 3.05) is 23.3 Å². The third-order valence-electron chi connectivity index (χ3n) is 4.71. The van der Waals surface area contributed by atoms with Crippen molar-refractivity contribution >= 4 is 28.3 Å². The van der Waals surface area contributed by atoms with Gasteiger partial charge in [0.05, 0.1) is 11.7 Å². The first-order chi connectivity index (χ1) is 13.8. The van der Waals surface area contributed by atoms with Crippen molar-refractivity contribution in [2.45, 2.75) is 19.1 Å². The molecule has 29 heavy (non-hydrogen) atoms. The molecule has 4 rings (SSSR count). The zero-order chi connectivity index (χ0) is 20.6. The number of carbonyl (C=O) groups excluding carboxylic acids is 1. The van der Waals surface area contributed by atoms with E-state index in [1.54, 1.807) is 17.2 Å². The molecule has 6 nitrogen and oxygen atoms in total. The van der Waals surface area contributed by atoms with Gasteiger partial charge in [-0.2, -0.15) is 13.2 Å². The predicted octanol–water partition coefficient (Wildman–Crippen LogP) is 3.97. The van der Waals surface area contributed by atoms with Crippen molar-refractivity contribution in [3.63, 3.8) is 0 Å². The number of anilines is 2. The second kappa shape index (κ2) is 7.23. The first kappa shape index (κ1) is 19.0. The van der Waals surface area contributed by atoms with Gasteiger partial charge >= 0.3 is 12.2 Å². The summed E-state index contributed by atoms with van der Waals surface area (Å²) in [6, 6.07) is 10.7. The number of aryl methyl sites for hydroxylation is 1. The van der Waals surface area contributed by atoms with E-state index in [0.717, 1.165) is 22.5 Å². The van der Waals surface area contributed by atoms with Crippen LogP contribution < -0.4 is 15.5 Å². The minimum atomic E-state index is -4.48. The van der Waals surface area contributed by atoms with Gasteiger partial charge in [-0.3, -0.25) is 4.98 Å². The molecule has 0 spiro atoms. The van der Waals surface area contributed by atoms with Gasteiger partial charge in [-0.05, 0) is 31.2 Å². The Hall–Kier alpha value is -3.36. The first-order valence-corrected chi connectivity index (χ1v) is 9.02. The van der Waals surface area contributed by atoms with Crippen LogP contribution in [0.2, 0.25) is 0 Å². The number of alkyl halides is 3. The van der Waals surface area contributed by atoms with Gasteiger partial charge in [-0.1, -0.05) is 18.2 Å². The minimum Gasteiger partial charge on any atom is -0.352 e. The van der Waals surface area contributed by atoms with Crippen LogP contribution in [-0.4, -0.2) is 35.1 Å². The lowest BCUT2D eigenvalue weighted by Gasteiger charge is -2.40. The Labute approximate surface area is 164 Å². The number of nitrogens with zero attached hydrogens (tertiary/aromatic N) is 3. The van der Waals surface area contributed by atoms with Crippen molar-refractivity contribution in [1.82, 2.24) is 15.3 Å². The van der Waals surface area contributed by atoms with Gasteiger partial charge in [0, 0.05) is 35.8 Å². The smallest absolute Gasteiger partial charge is 0.352 e. The monoisotopic (exact) mass is 401 g/mol. The van der Waals surface area contributed by atoms with Crippen LogP contribution in [0.1, 0.15) is 11.4 Å². The van der Waals surface area contributed by atoms with E-state index in [1.807, 2.05) is 25.1 Å². The van der Waals surface area contributed by atoms with E-state index < -0.39 is 11.9 Å². The van der Waals surface area contributed by atoms with Crippen molar-refractivity contribution in [2.24, 2.45) is 0 Å². The van der Waals surface area contributed by atoms with Gasteiger partial charge in [-0.25, -0.2) is 9.78 Å². The molecule has 0 unspecified atom stereocenters. The number of hydrogen-bond acceptors (Lipinski definition) is 4. The molecule has 0 aliphatic carbocycles. The minimum absolute atomic E-state index is 0.176. The third kappa shape index (κ3) is 4.08. The molecule has 1 aliphatic rings. The van der Waals surface area contributed by atoms with Crippen LogP contribution in [0, 0.1) is 6.92 Å². The van der Waals surface area contributed by atoms with E-state index in [2.05, 4.69) is 20.6 Å². The molecule has 2 aromatic heterocycles. The topological polar surface area (TPSA) is 70.2 Å². The molecular weight excluding hydrogens is 383 g/mol. The van der Waals surface area contributed by atoms with Crippen LogP contribution in [0.25, 0.3) is 10.8 Å². The average Bonchev–Trinajstić information content (AvgIpc) is 2.64. The summed E-state index contributed by atoms with van der Waals surface area (Å²) in [4.78, 5) is 21.9. The van der Waals surface area contributed by atoms with Crippen LogP contribution in [0.5, 0.6) is 0 Å². The molecule has 0 radical (unpaired) electrons. The Morgan fingerprint density at radius 1 is 1.17 bits per heavy atom. The molecule has 0 bridgehead atoms. The Kier molecular flexibility index (Phi) is 4.73. The lowest BCUT2D eigenvalue weighted by atomic mass is 10.1. The summed E-state index contributed by atoms with van der Waals surface area (Å²) >= 11 is 0. The Bertz CT molecular complexity index is 1060. The molecule has 0 atom stereocenters. The second-order valence-electron chi connectivity index (χ2n) is 6.93. The van der Waals surface area contributed by atoms with E-state index in [-0.39, 0.29) is 17.9 Å². The van der Waals surface area contributed by atoms with Crippen molar-refractivity contribution in [1.29, 1.82) is 0 Å². The highest BCUT2D eigenvalue weighted by Gasteiger charge is 2.34. The van der Waals surface area contributed by atoms with Crippen LogP contribution in [0.3, 0.4) is 0 Å². The maximum Gasteiger partial charge on any atom is 0.433 e. The summed E-state index contributed by atoms with van der Waals surface area (Å²) in [6.45, 7) is 2.65. The quantitative estimate of drug-likeness (QED) is 0.697. The van der Waals surface area contributed by atoms with Crippen LogP contribution in [0.15, 0.2) is 48.7 Å². The van der Waals surface area contributed by atoms with Gasteiger partial charge in [0.25, 0.3) is 0 Å². The molecule has 2 amide bonds. The molecule has 9 heteroatoms. The Balaban J connectivity index is 1.37. The molecule has 1 aromatic carbocycles. The third-order valence-corrected chi connectivity index (χ3v) is 4.71. The van der Waals surface area contributed by atoms with Gasteiger partial charge in [0.15, 0.2) is 0 Å². The molecule has 2 N–H and O–H groups in total. The van der Waals surface area contributed by atoms with Gasteiger partial charge in [0.2, 0.25) is 0 Å². The Morgan fingerprint density at radius 2 is 1.93 bits per heavy atom. The maximum atomic E-state index is 12.8. The number of benzene rings is 1. The summed E-state index contributed by atoms with van der Waals surface area (Å²) in [5, 5.41) is 7.47. The number of rotatable bonds is 3. The molecule has 1 saturated heterocycles. The number of urea groups is 1. The molecule has 1 aliphatic heterocycles. The van der Waals surface area contributed by atoms with Crippen LogP contribution in [-0.2, 0) is 6.18 Å². The van der Waals surface area contributed by atoms with Crippen molar-refractivity contribution < 1.29 is 18.0 Å². The van der Waals surface area contributed by atoms with Gasteiger partial charge < -0.3 is 15.5 Å². The number of amides is 2. The number of pyridine rings is 2. The number of halogens is 3. The fraction of sp³-hybridized carbons (Fsp3) is 0.250. The Morgan fingerprint density at radius 3 is 2.69 bits per heavy atom. The number of aromatic nitrogens is 2. The number of carbonyl (C=O) groups is 1. The second-order valence-corrected chi connectivity index (χ2v) is 6.93. The summed E-state index contributed by atoms with van der Waals surface area (Å²) in [5.74, 6) is 0.246.